The second-order valence-electron chi connectivity index (χ2n) is 7.60. The van der Waals surface area contributed by atoms with Crippen LogP contribution in [-0.2, 0) is 0 Å². The molecule has 0 aliphatic carbocycles. The molecule has 1 aromatic heterocycles. The number of nitrogens with one attached hydrogen (secondary N) is 1. The molecule has 1 N–H and O–H groups in total. The molecule has 158 valence electrons. The number of rotatable bonds is 2. The zero-order valence-corrected chi connectivity index (χ0v) is 18.0. The topological polar surface area (TPSA) is 52.0 Å². The van der Waals surface area contributed by atoms with Gasteiger partial charge in [-0.05, 0) is 42.0 Å². The maximum Gasteiger partial charge on any atom is 0.226 e. The smallest absolute Gasteiger partial charge is 0.226 e. The van der Waals surface area contributed by atoms with E-state index in [0.717, 1.165) is 22.4 Å². The van der Waals surface area contributed by atoms with Crippen molar-refractivity contribution in [2.75, 3.05) is 5.32 Å². The standard InChI is InChI=1S/C24H15Cl2FN4O/c25-14-7-5-13(6-8-14)23-20-21(17-11-15(26)9-10-19(17)32-23)30-24-28-12-29-31(24)22(20)16-3-1-2-4-18(16)27/h1-12,22-23H,(H,28,29,30)/t22-,23+/m1/s1. The summed E-state index contributed by atoms with van der Waals surface area (Å²) in [6, 6.07) is 19.0. The molecule has 32 heavy (non-hydrogen) atoms. The molecule has 8 heteroatoms. The van der Waals surface area contributed by atoms with E-state index < -0.39 is 12.1 Å². The molecule has 0 saturated carbocycles. The Morgan fingerprint density at radius 2 is 1.75 bits per heavy atom. The van der Waals surface area contributed by atoms with Crippen molar-refractivity contribution in [2.45, 2.75) is 12.1 Å². The Morgan fingerprint density at radius 3 is 2.56 bits per heavy atom. The highest BCUT2D eigenvalue weighted by Crippen LogP contribution is 2.51. The predicted octanol–water partition coefficient (Wildman–Crippen LogP) is 6.28. The Kier molecular flexibility index (Phi) is 4.45. The number of ether oxygens (including phenoxy) is 1. The molecular formula is C24H15Cl2FN4O. The first-order valence-corrected chi connectivity index (χ1v) is 10.7. The summed E-state index contributed by atoms with van der Waals surface area (Å²) in [5.41, 5.74) is 3.73. The molecule has 0 bridgehead atoms. The highest BCUT2D eigenvalue weighted by molar-refractivity contribution is 6.31. The Morgan fingerprint density at radius 1 is 0.969 bits per heavy atom. The van der Waals surface area contributed by atoms with Crippen LogP contribution in [-0.4, -0.2) is 14.8 Å². The Labute approximate surface area is 193 Å². The summed E-state index contributed by atoms with van der Waals surface area (Å²) in [7, 11) is 0. The first-order valence-electron chi connectivity index (χ1n) is 9.97. The minimum absolute atomic E-state index is 0.334. The van der Waals surface area contributed by atoms with E-state index >= 15 is 4.39 Å². The fourth-order valence-electron chi connectivity index (χ4n) is 4.35. The summed E-state index contributed by atoms with van der Waals surface area (Å²) >= 11 is 12.5. The van der Waals surface area contributed by atoms with Crippen molar-refractivity contribution >= 4 is 34.8 Å². The molecule has 0 spiro atoms. The SMILES string of the molecule is Fc1ccccc1[C@@H]1C2=C(Nc3ncnn31)c1cc(Cl)ccc1O[C@H]2c1ccc(Cl)cc1. The van der Waals surface area contributed by atoms with E-state index in [1.165, 1.54) is 12.4 Å². The van der Waals surface area contributed by atoms with Crippen LogP contribution in [0.3, 0.4) is 0 Å². The van der Waals surface area contributed by atoms with Gasteiger partial charge < -0.3 is 10.1 Å². The first kappa shape index (κ1) is 19.3. The molecule has 0 saturated heterocycles. The zero-order valence-electron chi connectivity index (χ0n) is 16.5. The monoisotopic (exact) mass is 464 g/mol. The average Bonchev–Trinajstić information content (AvgIpc) is 3.27. The van der Waals surface area contributed by atoms with E-state index in [2.05, 4.69) is 15.4 Å². The van der Waals surface area contributed by atoms with Crippen molar-refractivity contribution in [2.24, 2.45) is 0 Å². The first-order chi connectivity index (χ1) is 15.6. The minimum Gasteiger partial charge on any atom is -0.480 e. The van der Waals surface area contributed by atoms with E-state index in [1.54, 1.807) is 22.9 Å². The summed E-state index contributed by atoms with van der Waals surface area (Å²) in [5, 5.41) is 8.97. The molecule has 2 aliphatic heterocycles. The van der Waals surface area contributed by atoms with Crippen LogP contribution < -0.4 is 10.1 Å². The van der Waals surface area contributed by atoms with E-state index in [9.17, 15) is 0 Å². The summed E-state index contributed by atoms with van der Waals surface area (Å²) in [4.78, 5) is 4.35. The fraction of sp³-hybridized carbons (Fsp3) is 0.0833. The Bertz CT molecular complexity index is 1380. The number of fused-ring (bicyclic) bond motifs is 3. The minimum atomic E-state index is -0.572. The van der Waals surface area contributed by atoms with Gasteiger partial charge in [0, 0.05) is 26.7 Å². The van der Waals surface area contributed by atoms with Crippen LogP contribution in [0.15, 0.2) is 78.6 Å². The van der Waals surface area contributed by atoms with Crippen LogP contribution in [0.2, 0.25) is 10.0 Å². The van der Waals surface area contributed by atoms with Crippen LogP contribution >= 0.6 is 23.2 Å². The largest absolute Gasteiger partial charge is 0.480 e. The average molecular weight is 465 g/mol. The Balaban J connectivity index is 1.65. The normalized spacial score (nSPS) is 18.8. The van der Waals surface area contributed by atoms with Crippen molar-refractivity contribution in [3.05, 3.63) is 111 Å². The summed E-state index contributed by atoms with van der Waals surface area (Å²) in [6.07, 6.45) is 0.941. The zero-order chi connectivity index (χ0) is 21.8. The van der Waals surface area contributed by atoms with Crippen LogP contribution in [0, 0.1) is 5.82 Å². The molecule has 0 radical (unpaired) electrons. The highest BCUT2D eigenvalue weighted by atomic mass is 35.5. The fourth-order valence-corrected chi connectivity index (χ4v) is 4.65. The van der Waals surface area contributed by atoms with Gasteiger partial charge in [-0.15, -0.1) is 0 Å². The lowest BCUT2D eigenvalue weighted by molar-refractivity contribution is 0.222. The lowest BCUT2D eigenvalue weighted by atomic mass is 9.84. The molecule has 3 aromatic carbocycles. The number of anilines is 1. The van der Waals surface area contributed by atoms with Gasteiger partial charge in [-0.3, -0.25) is 0 Å². The van der Waals surface area contributed by atoms with Crippen LogP contribution in [0.4, 0.5) is 10.3 Å². The third kappa shape index (κ3) is 2.98. The van der Waals surface area contributed by atoms with E-state index in [4.69, 9.17) is 27.9 Å². The molecule has 5 nitrogen and oxygen atoms in total. The van der Waals surface area contributed by atoms with Gasteiger partial charge in [-0.25, -0.2) is 9.07 Å². The van der Waals surface area contributed by atoms with Gasteiger partial charge in [0.15, 0.2) is 0 Å². The molecule has 2 aliphatic rings. The van der Waals surface area contributed by atoms with Gasteiger partial charge in [-0.2, -0.15) is 10.1 Å². The van der Waals surface area contributed by atoms with E-state index in [0.29, 0.717) is 27.3 Å². The third-order valence-corrected chi connectivity index (χ3v) is 6.24. The molecule has 4 aromatic rings. The summed E-state index contributed by atoms with van der Waals surface area (Å²) in [5.74, 6) is 0.847. The molecule has 0 unspecified atom stereocenters. The highest BCUT2D eigenvalue weighted by Gasteiger charge is 2.41. The van der Waals surface area contributed by atoms with E-state index in [-0.39, 0.29) is 5.82 Å². The quantitative estimate of drug-likeness (QED) is 0.379. The molecular weight excluding hydrogens is 450 g/mol. The van der Waals surface area contributed by atoms with Gasteiger partial charge in [-0.1, -0.05) is 53.5 Å². The van der Waals surface area contributed by atoms with Crippen molar-refractivity contribution in [3.8, 4) is 5.75 Å². The summed E-state index contributed by atoms with van der Waals surface area (Å²) < 4.78 is 23.3. The maximum absolute atomic E-state index is 15.1. The van der Waals surface area contributed by atoms with E-state index in [1.807, 2.05) is 42.5 Å². The maximum atomic E-state index is 15.1. The van der Waals surface area contributed by atoms with Crippen LogP contribution in [0.25, 0.3) is 5.70 Å². The van der Waals surface area contributed by atoms with Crippen molar-refractivity contribution < 1.29 is 9.13 Å². The van der Waals surface area contributed by atoms with Crippen molar-refractivity contribution in [3.63, 3.8) is 0 Å². The lowest BCUT2D eigenvalue weighted by Gasteiger charge is -2.39. The second-order valence-corrected chi connectivity index (χ2v) is 8.47. The number of hydrogen-bond acceptors (Lipinski definition) is 4. The van der Waals surface area contributed by atoms with Gasteiger partial charge in [0.2, 0.25) is 5.95 Å². The van der Waals surface area contributed by atoms with Gasteiger partial charge in [0.1, 0.15) is 30.0 Å². The lowest BCUT2D eigenvalue weighted by Crippen LogP contribution is -2.32. The molecule has 0 amide bonds. The molecule has 6 rings (SSSR count). The number of hydrogen-bond donors (Lipinski definition) is 1. The number of halogens is 3. The summed E-state index contributed by atoms with van der Waals surface area (Å²) in [6.45, 7) is 0. The van der Waals surface area contributed by atoms with Crippen molar-refractivity contribution in [1.29, 1.82) is 0 Å². The Hall–Kier alpha value is -3.35. The van der Waals surface area contributed by atoms with Crippen LogP contribution in [0.1, 0.15) is 28.8 Å². The molecule has 2 atom stereocenters. The van der Waals surface area contributed by atoms with Crippen LogP contribution in [0.5, 0.6) is 5.75 Å². The van der Waals surface area contributed by atoms with Crippen molar-refractivity contribution in [1.82, 2.24) is 14.8 Å². The number of benzene rings is 3. The van der Waals surface area contributed by atoms with Gasteiger partial charge in [0.05, 0.1) is 5.70 Å². The number of aromatic nitrogens is 3. The second kappa shape index (κ2) is 7.36. The number of nitrogens with zero attached hydrogens (tertiary/aromatic N) is 3. The predicted molar refractivity (Wildman–Crippen MR) is 121 cm³/mol. The third-order valence-electron chi connectivity index (χ3n) is 5.75. The molecule has 3 heterocycles. The molecule has 0 fully saturated rings. The van der Waals surface area contributed by atoms with Gasteiger partial charge >= 0.3 is 0 Å². The van der Waals surface area contributed by atoms with Gasteiger partial charge in [0.25, 0.3) is 0 Å².